The van der Waals surface area contributed by atoms with Gasteiger partial charge in [-0.1, -0.05) is 18.2 Å². The molecule has 3 N–H and O–H groups in total. The lowest BCUT2D eigenvalue weighted by molar-refractivity contribution is -0.137. The molecule has 0 saturated heterocycles. The molecule has 0 aliphatic rings. The Balaban J connectivity index is 2.02. The predicted octanol–water partition coefficient (Wildman–Crippen LogP) is 2.59. The van der Waals surface area contributed by atoms with Crippen LogP contribution in [-0.4, -0.2) is 23.2 Å². The Morgan fingerprint density at radius 2 is 1.68 bits per heavy atom. The minimum atomic E-state index is -4.54. The molecule has 0 aliphatic heterocycles. The van der Waals surface area contributed by atoms with Gasteiger partial charge in [0.1, 0.15) is 0 Å². The van der Waals surface area contributed by atoms with Gasteiger partial charge in [-0.05, 0) is 35.9 Å². The van der Waals surface area contributed by atoms with Gasteiger partial charge >= 0.3 is 6.18 Å². The zero-order chi connectivity index (χ0) is 18.4. The van der Waals surface area contributed by atoms with E-state index < -0.39 is 23.6 Å². The van der Waals surface area contributed by atoms with Crippen LogP contribution in [0.4, 0.5) is 13.2 Å². The van der Waals surface area contributed by atoms with Crippen molar-refractivity contribution in [3.8, 4) is 0 Å². The van der Waals surface area contributed by atoms with Gasteiger partial charge in [-0.25, -0.2) is 10.9 Å². The van der Waals surface area contributed by atoms with Gasteiger partial charge in [0.05, 0.1) is 11.8 Å². The Bertz CT molecular complexity index is 802. The summed E-state index contributed by atoms with van der Waals surface area (Å²) in [6.07, 6.45) is -3.28. The monoisotopic (exact) mass is 351 g/mol. The van der Waals surface area contributed by atoms with Crippen molar-refractivity contribution in [2.45, 2.75) is 6.18 Å². The summed E-state index contributed by atoms with van der Waals surface area (Å²) >= 11 is 0. The number of halogens is 3. The SMILES string of the molecule is O=C(NO)c1ccc(C=NNC(=O)c2cccc(C(F)(F)F)c2)cc1. The van der Waals surface area contributed by atoms with Gasteiger partial charge in [-0.15, -0.1) is 0 Å². The average Bonchev–Trinajstić information content (AvgIpc) is 2.61. The van der Waals surface area contributed by atoms with Gasteiger partial charge in [-0.2, -0.15) is 18.3 Å². The van der Waals surface area contributed by atoms with Gasteiger partial charge in [0.15, 0.2) is 0 Å². The van der Waals surface area contributed by atoms with Gasteiger partial charge < -0.3 is 0 Å². The van der Waals surface area contributed by atoms with Crippen molar-refractivity contribution in [1.82, 2.24) is 10.9 Å². The maximum atomic E-state index is 12.6. The highest BCUT2D eigenvalue weighted by Gasteiger charge is 2.30. The Morgan fingerprint density at radius 1 is 1.00 bits per heavy atom. The van der Waals surface area contributed by atoms with Gasteiger partial charge in [-0.3, -0.25) is 14.8 Å². The molecule has 0 atom stereocenters. The van der Waals surface area contributed by atoms with Crippen LogP contribution in [0.1, 0.15) is 31.8 Å². The second kappa shape index (κ2) is 7.58. The summed E-state index contributed by atoms with van der Waals surface area (Å²) < 4.78 is 37.8. The highest BCUT2D eigenvalue weighted by atomic mass is 19.4. The van der Waals surface area contributed by atoms with Crippen LogP contribution >= 0.6 is 0 Å². The number of carbonyl (C=O) groups excluding carboxylic acids is 2. The molecule has 0 unspecified atom stereocenters. The fraction of sp³-hybridized carbons (Fsp3) is 0.0625. The molecule has 0 radical (unpaired) electrons. The fourth-order valence-electron chi connectivity index (χ4n) is 1.85. The quantitative estimate of drug-likeness (QED) is 0.449. The fourth-order valence-corrected chi connectivity index (χ4v) is 1.85. The molecule has 0 spiro atoms. The third kappa shape index (κ3) is 4.88. The number of alkyl halides is 3. The van der Waals surface area contributed by atoms with Crippen LogP contribution in [0.2, 0.25) is 0 Å². The molecule has 0 saturated carbocycles. The zero-order valence-corrected chi connectivity index (χ0v) is 12.5. The summed E-state index contributed by atoms with van der Waals surface area (Å²) in [7, 11) is 0. The summed E-state index contributed by atoms with van der Waals surface area (Å²) in [5.41, 5.74) is 3.24. The van der Waals surface area contributed by atoms with E-state index in [0.717, 1.165) is 18.2 Å². The Morgan fingerprint density at radius 3 is 2.28 bits per heavy atom. The molecule has 0 aromatic heterocycles. The number of carbonyl (C=O) groups is 2. The van der Waals surface area contributed by atoms with E-state index in [9.17, 15) is 22.8 Å². The van der Waals surface area contributed by atoms with Crippen molar-refractivity contribution in [3.05, 3.63) is 70.8 Å². The van der Waals surface area contributed by atoms with E-state index in [1.807, 2.05) is 0 Å². The Labute approximate surface area is 139 Å². The molecule has 9 heteroatoms. The molecular weight excluding hydrogens is 339 g/mol. The summed E-state index contributed by atoms with van der Waals surface area (Å²) in [5, 5.41) is 12.1. The van der Waals surface area contributed by atoms with Crippen LogP contribution in [0.5, 0.6) is 0 Å². The third-order valence-corrected chi connectivity index (χ3v) is 3.11. The van der Waals surface area contributed by atoms with Crippen molar-refractivity contribution >= 4 is 18.0 Å². The number of amides is 2. The van der Waals surface area contributed by atoms with Crippen LogP contribution in [0.25, 0.3) is 0 Å². The van der Waals surface area contributed by atoms with Crippen molar-refractivity contribution in [3.63, 3.8) is 0 Å². The zero-order valence-electron chi connectivity index (χ0n) is 12.5. The molecule has 2 amide bonds. The molecule has 0 bridgehead atoms. The van der Waals surface area contributed by atoms with E-state index in [-0.39, 0.29) is 11.1 Å². The van der Waals surface area contributed by atoms with E-state index in [2.05, 4.69) is 10.5 Å². The normalized spacial score (nSPS) is 11.4. The smallest absolute Gasteiger partial charge is 0.288 e. The van der Waals surface area contributed by atoms with E-state index in [1.54, 1.807) is 0 Å². The molecule has 2 rings (SSSR count). The van der Waals surface area contributed by atoms with E-state index in [1.165, 1.54) is 42.0 Å². The topological polar surface area (TPSA) is 90.8 Å². The van der Waals surface area contributed by atoms with Crippen LogP contribution in [0, 0.1) is 0 Å². The minimum absolute atomic E-state index is 0.179. The van der Waals surface area contributed by atoms with E-state index in [0.29, 0.717) is 5.56 Å². The number of nitrogens with zero attached hydrogens (tertiary/aromatic N) is 1. The summed E-state index contributed by atoms with van der Waals surface area (Å²) in [6, 6.07) is 9.81. The Hall–Kier alpha value is -3.20. The molecule has 2 aromatic rings. The molecule has 0 fully saturated rings. The molecular formula is C16H12F3N3O3. The standard InChI is InChI=1S/C16H12F3N3O3/c17-16(18,19)13-3-1-2-12(8-13)14(23)21-20-9-10-4-6-11(7-5-10)15(24)22-25/h1-9,25H,(H,21,23)(H,22,24). The predicted molar refractivity (Wildman–Crippen MR) is 82.2 cm³/mol. The summed E-state index contributed by atoms with van der Waals surface area (Å²) in [6.45, 7) is 0. The third-order valence-electron chi connectivity index (χ3n) is 3.11. The van der Waals surface area contributed by atoms with E-state index >= 15 is 0 Å². The second-order valence-corrected chi connectivity index (χ2v) is 4.84. The number of rotatable bonds is 4. The first kappa shape index (κ1) is 18.1. The molecule has 0 heterocycles. The van der Waals surface area contributed by atoms with Crippen molar-refractivity contribution in [2.24, 2.45) is 5.10 Å². The number of hydrazone groups is 1. The van der Waals surface area contributed by atoms with Crippen LogP contribution in [-0.2, 0) is 6.18 Å². The maximum Gasteiger partial charge on any atom is 0.416 e. The van der Waals surface area contributed by atoms with Crippen LogP contribution < -0.4 is 10.9 Å². The van der Waals surface area contributed by atoms with Gasteiger partial charge in [0.25, 0.3) is 11.8 Å². The Kier molecular flexibility index (Phi) is 5.50. The lowest BCUT2D eigenvalue weighted by Crippen LogP contribution is -2.19. The first-order chi connectivity index (χ1) is 11.8. The number of nitrogens with one attached hydrogen (secondary N) is 2. The minimum Gasteiger partial charge on any atom is -0.288 e. The van der Waals surface area contributed by atoms with Gasteiger partial charge in [0, 0.05) is 11.1 Å². The highest BCUT2D eigenvalue weighted by molar-refractivity contribution is 5.96. The molecule has 6 nitrogen and oxygen atoms in total. The van der Waals surface area contributed by atoms with Crippen molar-refractivity contribution < 1.29 is 28.0 Å². The second-order valence-electron chi connectivity index (χ2n) is 4.84. The average molecular weight is 351 g/mol. The summed E-state index contributed by atoms with van der Waals surface area (Å²) in [4.78, 5) is 23.0. The number of hydrogen-bond donors (Lipinski definition) is 3. The van der Waals surface area contributed by atoms with Gasteiger partial charge in [0.2, 0.25) is 0 Å². The van der Waals surface area contributed by atoms with Crippen LogP contribution in [0.3, 0.4) is 0 Å². The lowest BCUT2D eigenvalue weighted by Gasteiger charge is -2.07. The molecule has 130 valence electrons. The van der Waals surface area contributed by atoms with Crippen LogP contribution in [0.15, 0.2) is 53.6 Å². The highest BCUT2D eigenvalue weighted by Crippen LogP contribution is 2.29. The van der Waals surface area contributed by atoms with Crippen molar-refractivity contribution in [1.29, 1.82) is 0 Å². The summed E-state index contributed by atoms with van der Waals surface area (Å²) in [5.74, 6) is -1.47. The molecule has 0 aliphatic carbocycles. The first-order valence-corrected chi connectivity index (χ1v) is 6.86. The lowest BCUT2D eigenvalue weighted by atomic mass is 10.1. The van der Waals surface area contributed by atoms with E-state index in [4.69, 9.17) is 5.21 Å². The number of hydrogen-bond acceptors (Lipinski definition) is 4. The largest absolute Gasteiger partial charge is 0.416 e. The molecule has 25 heavy (non-hydrogen) atoms. The number of benzene rings is 2. The maximum absolute atomic E-state index is 12.6. The number of hydroxylamine groups is 1. The first-order valence-electron chi connectivity index (χ1n) is 6.86. The molecule has 2 aromatic carbocycles. The van der Waals surface area contributed by atoms with Crippen molar-refractivity contribution in [2.75, 3.05) is 0 Å².